The number of ether oxygens (including phenoxy) is 4. The molecular weight excluding hydrogens is 606 g/mol. The minimum Gasteiger partial charge on any atom is -0.491 e. The van der Waals surface area contributed by atoms with Crippen LogP contribution in [0.2, 0.25) is 0 Å². The SMILES string of the molecule is CN[C@@H]1[C@@H](O)[C@@H](O[C@@H]2[C@@H](O)[C@H](C3OC(CN)=CC[C@H]3NC(=O)CC3CNCCO3)[C@@H](N)C[C@H]2NC(=O)[C@@H](O)CCN)OC[C@]1(C)O. The molecule has 46 heavy (non-hydrogen) atoms. The third-order valence-electron chi connectivity index (χ3n) is 9.28. The van der Waals surface area contributed by atoms with Crippen LogP contribution in [-0.4, -0.2) is 151 Å². The Hall–Kier alpha value is -2.00. The maximum atomic E-state index is 13.1. The van der Waals surface area contributed by atoms with E-state index < -0.39 is 78.4 Å². The highest BCUT2D eigenvalue weighted by Crippen LogP contribution is 2.37. The van der Waals surface area contributed by atoms with E-state index in [0.717, 1.165) is 6.54 Å². The highest BCUT2D eigenvalue weighted by atomic mass is 16.7. The summed E-state index contributed by atoms with van der Waals surface area (Å²) in [4.78, 5) is 26.0. The molecule has 0 aromatic carbocycles. The quantitative estimate of drug-likeness (QED) is 0.0934. The summed E-state index contributed by atoms with van der Waals surface area (Å²) in [6.07, 6.45) is -5.47. The molecule has 4 rings (SSSR count). The van der Waals surface area contributed by atoms with Crippen molar-refractivity contribution in [3.8, 4) is 0 Å². The fraction of sp³-hybridized carbons (Fsp3) is 0.862. The van der Waals surface area contributed by atoms with Crippen molar-refractivity contribution in [2.45, 2.75) is 105 Å². The van der Waals surface area contributed by atoms with Crippen molar-refractivity contribution < 1.29 is 49.0 Å². The average molecular weight is 660 g/mol. The first-order valence-electron chi connectivity index (χ1n) is 16.0. The second-order valence-electron chi connectivity index (χ2n) is 12.8. The van der Waals surface area contributed by atoms with Gasteiger partial charge in [0.2, 0.25) is 11.8 Å². The molecule has 3 heterocycles. The van der Waals surface area contributed by atoms with E-state index in [9.17, 15) is 30.0 Å². The number of hydrogen-bond acceptors (Lipinski definition) is 15. The molecule has 13 atom stereocenters. The second kappa shape index (κ2) is 16.4. The van der Waals surface area contributed by atoms with Crippen LogP contribution in [0.1, 0.15) is 32.6 Å². The topological polar surface area (TPSA) is 278 Å². The van der Waals surface area contributed by atoms with Gasteiger partial charge in [-0.1, -0.05) is 0 Å². The van der Waals surface area contributed by atoms with Crippen molar-refractivity contribution in [1.82, 2.24) is 21.3 Å². The molecule has 14 N–H and O–H groups in total. The Morgan fingerprint density at radius 3 is 2.61 bits per heavy atom. The number of carbonyl (C=O) groups is 2. The molecule has 0 radical (unpaired) electrons. The molecule has 1 aliphatic carbocycles. The summed E-state index contributed by atoms with van der Waals surface area (Å²) in [5.41, 5.74) is 16.7. The summed E-state index contributed by atoms with van der Waals surface area (Å²) in [6, 6.07) is -3.14. The molecule has 4 aliphatic rings. The lowest BCUT2D eigenvalue weighted by atomic mass is 9.72. The highest BCUT2D eigenvalue weighted by molar-refractivity contribution is 5.80. The number of rotatable bonds is 12. The monoisotopic (exact) mass is 659 g/mol. The van der Waals surface area contributed by atoms with Gasteiger partial charge in [-0.15, -0.1) is 0 Å². The Balaban J connectivity index is 1.58. The molecule has 2 saturated heterocycles. The van der Waals surface area contributed by atoms with Gasteiger partial charge >= 0.3 is 0 Å². The van der Waals surface area contributed by atoms with Crippen LogP contribution in [-0.2, 0) is 28.5 Å². The maximum Gasteiger partial charge on any atom is 0.249 e. The Bertz CT molecular complexity index is 1050. The molecule has 17 heteroatoms. The maximum absolute atomic E-state index is 13.1. The van der Waals surface area contributed by atoms with Gasteiger partial charge in [0, 0.05) is 25.0 Å². The molecular formula is C29H53N7O10. The number of nitrogens with one attached hydrogen (secondary N) is 4. The minimum absolute atomic E-state index is 0.0120. The molecule has 2 unspecified atom stereocenters. The van der Waals surface area contributed by atoms with Gasteiger partial charge in [-0.3, -0.25) is 9.59 Å². The van der Waals surface area contributed by atoms with Crippen LogP contribution < -0.4 is 38.5 Å². The molecule has 0 aromatic heterocycles. The molecule has 17 nitrogen and oxygen atoms in total. The minimum atomic E-state index is -1.42. The third kappa shape index (κ3) is 8.72. The standard InChI is InChI=1S/C29H53N7O10/c1-29(42)13-44-28(23(40)26(29)33-2)46-25-18(36-27(41)19(37)5-6-30)10-16(32)21(22(25)39)24-17(4-3-14(11-31)45-24)35-20(38)9-15-12-34-7-8-43-15/h3,15-19,21-26,28,33-34,37,39-40,42H,4-13,30-32H2,1-2H3,(H,35,38)(H,36,41)/t15?,16-,17+,18+,19-,21+,22-,23+,24?,25-,26+,28+,29-/m0/s1. The van der Waals surface area contributed by atoms with E-state index in [1.54, 1.807) is 13.1 Å². The first-order valence-corrected chi connectivity index (χ1v) is 16.0. The van der Waals surface area contributed by atoms with Crippen LogP contribution in [0, 0.1) is 5.92 Å². The summed E-state index contributed by atoms with van der Waals surface area (Å²) in [6.45, 7) is 3.25. The van der Waals surface area contributed by atoms with E-state index in [4.69, 9.17) is 36.1 Å². The third-order valence-corrected chi connectivity index (χ3v) is 9.28. The van der Waals surface area contributed by atoms with Crippen molar-refractivity contribution in [2.75, 3.05) is 46.4 Å². The fourth-order valence-corrected chi connectivity index (χ4v) is 6.88. The Labute approximate surface area is 268 Å². The zero-order chi connectivity index (χ0) is 33.6. The number of aliphatic hydroxyl groups is 4. The van der Waals surface area contributed by atoms with E-state index in [0.29, 0.717) is 25.3 Å². The van der Waals surface area contributed by atoms with E-state index in [2.05, 4.69) is 21.3 Å². The summed E-state index contributed by atoms with van der Waals surface area (Å²) in [5.74, 6) is -1.36. The lowest BCUT2D eigenvalue weighted by Crippen LogP contribution is -2.70. The molecule has 3 aliphatic heterocycles. The zero-order valence-corrected chi connectivity index (χ0v) is 26.5. The van der Waals surface area contributed by atoms with Crippen molar-refractivity contribution in [3.05, 3.63) is 11.8 Å². The summed E-state index contributed by atoms with van der Waals surface area (Å²) >= 11 is 0. The van der Waals surface area contributed by atoms with Gasteiger partial charge in [0.25, 0.3) is 0 Å². The van der Waals surface area contributed by atoms with Crippen LogP contribution in [0.25, 0.3) is 0 Å². The fourth-order valence-electron chi connectivity index (χ4n) is 6.88. The largest absolute Gasteiger partial charge is 0.491 e. The number of nitrogens with two attached hydrogens (primary N) is 3. The molecule has 264 valence electrons. The van der Waals surface area contributed by atoms with Crippen LogP contribution in [0.15, 0.2) is 11.8 Å². The lowest BCUT2D eigenvalue weighted by molar-refractivity contribution is -0.297. The smallest absolute Gasteiger partial charge is 0.249 e. The number of morpholine rings is 1. The van der Waals surface area contributed by atoms with Gasteiger partial charge in [0.1, 0.15) is 35.8 Å². The van der Waals surface area contributed by atoms with Crippen molar-refractivity contribution in [1.29, 1.82) is 0 Å². The van der Waals surface area contributed by atoms with Crippen molar-refractivity contribution >= 4 is 11.8 Å². The number of amides is 2. The molecule has 0 aromatic rings. The van der Waals surface area contributed by atoms with E-state index in [1.807, 2.05) is 0 Å². The van der Waals surface area contributed by atoms with Crippen molar-refractivity contribution in [3.63, 3.8) is 0 Å². The molecule has 2 amide bonds. The molecule has 0 bridgehead atoms. The van der Waals surface area contributed by atoms with Gasteiger partial charge in [0.05, 0.1) is 56.5 Å². The normalized spacial score (nSPS) is 40.7. The van der Waals surface area contributed by atoms with Gasteiger partial charge in [-0.05, 0) is 45.9 Å². The highest BCUT2D eigenvalue weighted by Gasteiger charge is 2.54. The number of hydrogen-bond donors (Lipinski definition) is 11. The van der Waals surface area contributed by atoms with Crippen LogP contribution in [0.4, 0.5) is 0 Å². The zero-order valence-electron chi connectivity index (χ0n) is 26.5. The van der Waals surface area contributed by atoms with E-state index >= 15 is 0 Å². The first kappa shape index (κ1) is 36.8. The van der Waals surface area contributed by atoms with Crippen LogP contribution >= 0.6 is 0 Å². The lowest BCUT2D eigenvalue weighted by Gasteiger charge is -2.51. The Morgan fingerprint density at radius 2 is 1.96 bits per heavy atom. The second-order valence-corrected chi connectivity index (χ2v) is 12.8. The van der Waals surface area contributed by atoms with Gasteiger partial charge in [-0.25, -0.2) is 0 Å². The number of likely N-dealkylation sites (N-methyl/N-ethyl adjacent to an activating group) is 1. The van der Waals surface area contributed by atoms with Gasteiger partial charge < -0.3 is 77.8 Å². The number of carbonyl (C=O) groups excluding carboxylic acids is 2. The van der Waals surface area contributed by atoms with Gasteiger partial charge in [-0.2, -0.15) is 0 Å². The molecule has 1 saturated carbocycles. The predicted molar refractivity (Wildman–Crippen MR) is 164 cm³/mol. The summed E-state index contributed by atoms with van der Waals surface area (Å²) in [5, 5.41) is 55.9. The van der Waals surface area contributed by atoms with E-state index in [-0.39, 0.29) is 51.0 Å². The van der Waals surface area contributed by atoms with E-state index in [1.165, 1.54) is 6.92 Å². The average Bonchev–Trinajstić information content (AvgIpc) is 3.01. The van der Waals surface area contributed by atoms with Gasteiger partial charge in [0.15, 0.2) is 6.29 Å². The van der Waals surface area contributed by atoms with Crippen molar-refractivity contribution in [2.24, 2.45) is 23.1 Å². The van der Waals surface area contributed by atoms with Crippen LogP contribution in [0.3, 0.4) is 0 Å². The van der Waals surface area contributed by atoms with Crippen LogP contribution in [0.5, 0.6) is 0 Å². The number of aliphatic hydroxyl groups excluding tert-OH is 3. The first-order chi connectivity index (χ1) is 21.9. The Morgan fingerprint density at radius 1 is 1.20 bits per heavy atom. The summed E-state index contributed by atoms with van der Waals surface area (Å²) in [7, 11) is 1.57. The molecule has 3 fully saturated rings. The predicted octanol–water partition coefficient (Wildman–Crippen LogP) is -5.17. The summed E-state index contributed by atoms with van der Waals surface area (Å²) < 4.78 is 23.8. The Kier molecular flexibility index (Phi) is 13.1. The molecule has 0 spiro atoms.